The molecule has 0 aliphatic carbocycles. The minimum atomic E-state index is -0.271. The first kappa shape index (κ1) is 15.6. The molecule has 118 valence electrons. The molecule has 1 fully saturated rings. The third kappa shape index (κ3) is 2.97. The van der Waals surface area contributed by atoms with E-state index in [1.165, 1.54) is 18.2 Å². The van der Waals surface area contributed by atoms with Crippen LogP contribution in [0.3, 0.4) is 0 Å². The molecule has 5 nitrogen and oxygen atoms in total. The van der Waals surface area contributed by atoms with Gasteiger partial charge in [0.1, 0.15) is 11.6 Å². The number of nitrogens with zero attached hydrogens (tertiary/aromatic N) is 4. The number of piperidine rings is 1. The number of nitriles is 1. The fourth-order valence-corrected chi connectivity index (χ4v) is 3.41. The first-order valence-electron chi connectivity index (χ1n) is 7.68. The van der Waals surface area contributed by atoms with Crippen molar-refractivity contribution in [2.75, 3.05) is 24.4 Å². The van der Waals surface area contributed by atoms with Gasteiger partial charge in [0.2, 0.25) is 0 Å². The summed E-state index contributed by atoms with van der Waals surface area (Å²) in [4.78, 5) is 17.5. The van der Waals surface area contributed by atoms with Crippen LogP contribution in [0.2, 0.25) is 0 Å². The van der Waals surface area contributed by atoms with Crippen molar-refractivity contribution in [1.29, 1.82) is 5.26 Å². The van der Waals surface area contributed by atoms with Crippen LogP contribution in [0, 0.1) is 11.3 Å². The summed E-state index contributed by atoms with van der Waals surface area (Å²) < 4.78 is 1.59. The number of rotatable bonds is 3. The molecule has 1 aliphatic heterocycles. The molecule has 0 atom stereocenters. The van der Waals surface area contributed by atoms with Gasteiger partial charge < -0.3 is 5.01 Å². The molecule has 2 aromatic rings. The highest BCUT2D eigenvalue weighted by atomic mass is 32.2. The quantitative estimate of drug-likeness (QED) is 0.641. The van der Waals surface area contributed by atoms with Crippen LogP contribution >= 0.6 is 11.8 Å². The van der Waals surface area contributed by atoms with Crippen LogP contribution in [-0.2, 0) is 0 Å². The number of benzene rings is 1. The van der Waals surface area contributed by atoms with E-state index < -0.39 is 0 Å². The lowest BCUT2D eigenvalue weighted by molar-refractivity contribution is 0.440. The lowest BCUT2D eigenvalue weighted by Crippen LogP contribution is -2.47. The molecule has 1 saturated heterocycles. The van der Waals surface area contributed by atoms with Crippen LogP contribution in [-0.4, -0.2) is 29.0 Å². The zero-order valence-electron chi connectivity index (χ0n) is 13.0. The molecule has 0 N–H and O–H groups in total. The Labute approximate surface area is 139 Å². The fourth-order valence-electron chi connectivity index (χ4n) is 2.86. The van der Waals surface area contributed by atoms with Crippen LogP contribution in [0.4, 0.5) is 0 Å². The molecule has 0 spiro atoms. The minimum Gasteiger partial charge on any atom is -0.308 e. The molecule has 1 aromatic heterocycles. The summed E-state index contributed by atoms with van der Waals surface area (Å²) in [6.07, 6.45) is 5.20. The van der Waals surface area contributed by atoms with Crippen molar-refractivity contribution in [2.45, 2.75) is 24.4 Å². The second-order valence-electron chi connectivity index (χ2n) is 5.43. The minimum absolute atomic E-state index is 0.111. The average molecular weight is 326 g/mol. The van der Waals surface area contributed by atoms with Crippen molar-refractivity contribution < 1.29 is 0 Å². The van der Waals surface area contributed by atoms with E-state index in [0.717, 1.165) is 31.5 Å². The van der Waals surface area contributed by atoms with E-state index in [4.69, 9.17) is 0 Å². The Kier molecular flexibility index (Phi) is 4.68. The van der Waals surface area contributed by atoms with E-state index in [-0.39, 0.29) is 11.1 Å². The van der Waals surface area contributed by atoms with Crippen molar-refractivity contribution in [3.63, 3.8) is 0 Å². The summed E-state index contributed by atoms with van der Waals surface area (Å²) in [5.41, 5.74) is 1.10. The molecule has 0 unspecified atom stereocenters. The van der Waals surface area contributed by atoms with Crippen LogP contribution < -0.4 is 10.6 Å². The zero-order chi connectivity index (χ0) is 16.2. The topological polar surface area (TPSA) is 61.9 Å². The maximum Gasteiger partial charge on any atom is 0.291 e. The van der Waals surface area contributed by atoms with Crippen molar-refractivity contribution in [2.24, 2.45) is 0 Å². The second-order valence-corrected chi connectivity index (χ2v) is 6.20. The Morgan fingerprint density at radius 1 is 1.17 bits per heavy atom. The van der Waals surface area contributed by atoms with Gasteiger partial charge in [-0.25, -0.2) is 4.98 Å². The summed E-state index contributed by atoms with van der Waals surface area (Å²) in [6.45, 7) is 1.65. The van der Waals surface area contributed by atoms with Crippen LogP contribution in [0.25, 0.3) is 11.3 Å². The van der Waals surface area contributed by atoms with Gasteiger partial charge in [0.15, 0.2) is 5.16 Å². The predicted octanol–water partition coefficient (Wildman–Crippen LogP) is 2.63. The van der Waals surface area contributed by atoms with Crippen LogP contribution in [0.1, 0.15) is 24.8 Å². The van der Waals surface area contributed by atoms with Crippen molar-refractivity contribution >= 4 is 11.8 Å². The van der Waals surface area contributed by atoms with Crippen molar-refractivity contribution in [3.8, 4) is 17.3 Å². The monoisotopic (exact) mass is 326 g/mol. The van der Waals surface area contributed by atoms with E-state index >= 15 is 0 Å². The molecule has 23 heavy (non-hydrogen) atoms. The summed E-state index contributed by atoms with van der Waals surface area (Å²) >= 11 is 1.43. The lowest BCUT2D eigenvalue weighted by Gasteiger charge is -2.31. The summed E-state index contributed by atoms with van der Waals surface area (Å²) in [6, 6.07) is 11.5. The highest BCUT2D eigenvalue weighted by Gasteiger charge is 2.22. The van der Waals surface area contributed by atoms with Gasteiger partial charge in [-0.05, 0) is 25.5 Å². The van der Waals surface area contributed by atoms with Crippen LogP contribution in [0.5, 0.6) is 0 Å². The van der Waals surface area contributed by atoms with Gasteiger partial charge >= 0.3 is 0 Å². The first-order chi connectivity index (χ1) is 11.3. The maximum absolute atomic E-state index is 12.9. The summed E-state index contributed by atoms with van der Waals surface area (Å²) in [5, 5.41) is 12.2. The van der Waals surface area contributed by atoms with Crippen molar-refractivity contribution in [1.82, 2.24) is 9.66 Å². The van der Waals surface area contributed by atoms with E-state index in [0.29, 0.717) is 10.9 Å². The number of aromatic nitrogens is 2. The fraction of sp³-hybridized carbons (Fsp3) is 0.353. The Balaban J connectivity index is 2.20. The zero-order valence-corrected chi connectivity index (χ0v) is 13.8. The third-order valence-electron chi connectivity index (χ3n) is 3.99. The van der Waals surface area contributed by atoms with Gasteiger partial charge in [-0.1, -0.05) is 42.1 Å². The van der Waals surface area contributed by atoms with E-state index in [1.807, 2.05) is 41.6 Å². The molecular weight excluding hydrogens is 308 g/mol. The largest absolute Gasteiger partial charge is 0.308 e. The summed E-state index contributed by atoms with van der Waals surface area (Å²) in [5.74, 6) is 0. The average Bonchev–Trinajstić information content (AvgIpc) is 2.62. The number of thioether (sulfide) groups is 1. The number of hydrogen-bond acceptors (Lipinski definition) is 5. The van der Waals surface area contributed by atoms with Gasteiger partial charge in [0.05, 0.1) is 5.69 Å². The maximum atomic E-state index is 12.9. The van der Waals surface area contributed by atoms with E-state index in [9.17, 15) is 10.1 Å². The molecule has 0 bridgehead atoms. The molecule has 1 aromatic carbocycles. The Hall–Kier alpha value is -2.26. The van der Waals surface area contributed by atoms with Crippen LogP contribution in [0.15, 0.2) is 40.3 Å². The molecular formula is C17H18N4OS. The molecule has 0 saturated carbocycles. The van der Waals surface area contributed by atoms with Crippen molar-refractivity contribution in [3.05, 3.63) is 46.2 Å². The van der Waals surface area contributed by atoms with Gasteiger partial charge in [-0.3, -0.25) is 4.79 Å². The molecule has 1 aliphatic rings. The molecule has 0 radical (unpaired) electrons. The second kappa shape index (κ2) is 6.88. The van der Waals surface area contributed by atoms with Gasteiger partial charge in [0.25, 0.3) is 5.56 Å². The molecule has 6 heteroatoms. The SMILES string of the molecule is CSc1nc(-c2ccccc2)c(C#N)c(=O)n1N1CCCCC1. The highest BCUT2D eigenvalue weighted by Crippen LogP contribution is 2.23. The van der Waals surface area contributed by atoms with E-state index in [1.54, 1.807) is 4.68 Å². The van der Waals surface area contributed by atoms with Gasteiger partial charge in [-0.15, -0.1) is 0 Å². The van der Waals surface area contributed by atoms with Gasteiger partial charge in [0, 0.05) is 18.7 Å². The predicted molar refractivity (Wildman–Crippen MR) is 92.2 cm³/mol. The molecule has 2 heterocycles. The third-order valence-corrected chi connectivity index (χ3v) is 4.62. The normalized spacial score (nSPS) is 14.5. The molecule has 0 amide bonds. The standard InChI is InChI=1S/C17H18N4OS/c1-23-17-19-15(13-8-4-2-5-9-13)14(12-18)16(22)21(17)20-10-6-3-7-11-20/h2,4-5,8-9H,3,6-7,10-11H2,1H3. The smallest absolute Gasteiger partial charge is 0.291 e. The highest BCUT2D eigenvalue weighted by molar-refractivity contribution is 7.98. The first-order valence-corrected chi connectivity index (χ1v) is 8.90. The van der Waals surface area contributed by atoms with E-state index in [2.05, 4.69) is 11.1 Å². The Morgan fingerprint density at radius 3 is 2.48 bits per heavy atom. The Morgan fingerprint density at radius 2 is 1.87 bits per heavy atom. The lowest BCUT2D eigenvalue weighted by atomic mass is 10.1. The molecule has 3 rings (SSSR count). The summed E-state index contributed by atoms with van der Waals surface area (Å²) in [7, 11) is 0. The van der Waals surface area contributed by atoms with Gasteiger partial charge in [-0.2, -0.15) is 9.94 Å². The Bertz CT molecular complexity index is 789. The number of hydrogen-bond donors (Lipinski definition) is 0.